The second kappa shape index (κ2) is 8.75. The summed E-state index contributed by atoms with van der Waals surface area (Å²) in [7, 11) is 0. The molecule has 0 aliphatic carbocycles. The summed E-state index contributed by atoms with van der Waals surface area (Å²) in [6.07, 6.45) is 1.50. The Bertz CT molecular complexity index is 900. The maximum absolute atomic E-state index is 13.4. The van der Waals surface area contributed by atoms with Gasteiger partial charge in [-0.25, -0.2) is 13.8 Å². The largest absolute Gasteiger partial charge is 0.490 e. The van der Waals surface area contributed by atoms with Gasteiger partial charge in [0.05, 0.1) is 24.9 Å². The number of pyridine rings is 1. The lowest BCUT2D eigenvalue weighted by Crippen LogP contribution is -2.15. The highest BCUT2D eigenvalue weighted by Crippen LogP contribution is 2.21. The Morgan fingerprint density at radius 2 is 1.78 bits per heavy atom. The van der Waals surface area contributed by atoms with Crippen LogP contribution in [0.25, 0.3) is 0 Å². The molecule has 5 nitrogen and oxygen atoms in total. The van der Waals surface area contributed by atoms with E-state index in [1.807, 2.05) is 0 Å². The molecule has 1 aromatic heterocycles. The normalized spacial score (nSPS) is 10.3. The van der Waals surface area contributed by atoms with Crippen molar-refractivity contribution in [2.24, 2.45) is 0 Å². The molecule has 138 valence electrons. The number of anilines is 1. The summed E-state index contributed by atoms with van der Waals surface area (Å²) < 4.78 is 37.0. The number of carbonyl (C=O) groups is 1. The lowest BCUT2D eigenvalue weighted by Gasteiger charge is -2.08. The van der Waals surface area contributed by atoms with E-state index >= 15 is 0 Å². The van der Waals surface area contributed by atoms with Crippen molar-refractivity contribution in [2.45, 2.75) is 6.42 Å². The highest BCUT2D eigenvalue weighted by atomic mass is 19.1. The average Bonchev–Trinajstić information content (AvgIpc) is 2.67. The zero-order chi connectivity index (χ0) is 19.1. The minimum Gasteiger partial charge on any atom is -0.490 e. The van der Waals surface area contributed by atoms with Crippen molar-refractivity contribution in [2.75, 3.05) is 11.9 Å². The highest BCUT2D eigenvalue weighted by Gasteiger charge is 2.06. The molecule has 0 bridgehead atoms. The van der Waals surface area contributed by atoms with Gasteiger partial charge in [0.15, 0.2) is 11.6 Å². The minimum atomic E-state index is -0.473. The molecule has 2 aromatic carbocycles. The van der Waals surface area contributed by atoms with Crippen molar-refractivity contribution in [3.05, 3.63) is 78.5 Å². The molecule has 0 aliphatic heterocycles. The Kier molecular flexibility index (Phi) is 5.94. The van der Waals surface area contributed by atoms with E-state index in [1.165, 1.54) is 42.6 Å². The van der Waals surface area contributed by atoms with Crippen LogP contribution in [-0.2, 0) is 4.79 Å². The van der Waals surface area contributed by atoms with E-state index in [4.69, 9.17) is 9.47 Å². The molecule has 7 heteroatoms. The van der Waals surface area contributed by atoms with E-state index in [1.54, 1.807) is 24.3 Å². The standard InChI is InChI=1S/C20H16F2N2O3/c21-14-5-8-16(9-6-14)27-20-10-7-15(13-23-20)24-19(25)11-12-26-18-4-2-1-3-17(18)22/h1-10,13H,11-12H2,(H,24,25). The molecule has 0 saturated carbocycles. The number of para-hydroxylation sites is 1. The second-order valence-corrected chi connectivity index (χ2v) is 5.52. The number of hydrogen-bond donors (Lipinski definition) is 1. The number of nitrogens with one attached hydrogen (secondary N) is 1. The third-order valence-electron chi connectivity index (χ3n) is 3.48. The van der Waals surface area contributed by atoms with Crippen molar-refractivity contribution in [3.8, 4) is 17.4 Å². The molecule has 1 amide bonds. The third kappa shape index (κ3) is 5.50. The molecule has 0 atom stereocenters. The Morgan fingerprint density at radius 1 is 1.00 bits per heavy atom. The van der Waals surface area contributed by atoms with Gasteiger partial charge in [-0.2, -0.15) is 0 Å². The molecule has 3 aromatic rings. The van der Waals surface area contributed by atoms with E-state index in [2.05, 4.69) is 10.3 Å². The molecule has 3 rings (SSSR count). The summed E-state index contributed by atoms with van der Waals surface area (Å²) in [6, 6.07) is 14.8. The van der Waals surface area contributed by atoms with Crippen LogP contribution in [0, 0.1) is 11.6 Å². The first kappa shape index (κ1) is 18.3. The zero-order valence-electron chi connectivity index (χ0n) is 14.2. The number of aromatic nitrogens is 1. The zero-order valence-corrected chi connectivity index (χ0v) is 14.2. The minimum absolute atomic E-state index is 0.0476. The fourth-order valence-electron chi connectivity index (χ4n) is 2.18. The van der Waals surface area contributed by atoms with Gasteiger partial charge in [0, 0.05) is 6.07 Å². The quantitative estimate of drug-likeness (QED) is 0.662. The Hall–Kier alpha value is -3.48. The first-order valence-electron chi connectivity index (χ1n) is 8.17. The van der Waals surface area contributed by atoms with Crippen molar-refractivity contribution in [3.63, 3.8) is 0 Å². The maximum Gasteiger partial charge on any atom is 0.227 e. The maximum atomic E-state index is 13.4. The van der Waals surface area contributed by atoms with Gasteiger partial charge < -0.3 is 14.8 Å². The van der Waals surface area contributed by atoms with Gasteiger partial charge in [-0.05, 0) is 42.5 Å². The Labute approximate surface area is 154 Å². The lowest BCUT2D eigenvalue weighted by molar-refractivity contribution is -0.116. The van der Waals surface area contributed by atoms with Gasteiger partial charge in [0.25, 0.3) is 0 Å². The first-order valence-corrected chi connectivity index (χ1v) is 8.17. The molecule has 1 N–H and O–H groups in total. The van der Waals surface area contributed by atoms with Gasteiger partial charge in [-0.3, -0.25) is 4.79 Å². The molecule has 1 heterocycles. The van der Waals surface area contributed by atoms with Crippen LogP contribution in [0.15, 0.2) is 66.9 Å². The monoisotopic (exact) mass is 370 g/mol. The molecule has 0 fully saturated rings. The van der Waals surface area contributed by atoms with Gasteiger partial charge in [0.1, 0.15) is 11.6 Å². The van der Waals surface area contributed by atoms with Crippen LogP contribution in [0.3, 0.4) is 0 Å². The average molecular weight is 370 g/mol. The summed E-state index contributed by atoms with van der Waals surface area (Å²) in [6.45, 7) is 0.0476. The fourth-order valence-corrected chi connectivity index (χ4v) is 2.18. The van der Waals surface area contributed by atoms with E-state index in [0.717, 1.165) is 0 Å². The van der Waals surface area contributed by atoms with Crippen molar-refractivity contribution < 1.29 is 23.0 Å². The number of amides is 1. The number of hydrogen-bond acceptors (Lipinski definition) is 4. The van der Waals surface area contributed by atoms with Crippen LogP contribution in [0.4, 0.5) is 14.5 Å². The summed E-state index contributed by atoms with van der Waals surface area (Å²) in [5.41, 5.74) is 0.484. The molecule has 0 saturated heterocycles. The lowest BCUT2D eigenvalue weighted by atomic mass is 10.3. The molecular weight excluding hydrogens is 354 g/mol. The highest BCUT2D eigenvalue weighted by molar-refractivity contribution is 5.90. The summed E-state index contributed by atoms with van der Waals surface area (Å²) >= 11 is 0. The van der Waals surface area contributed by atoms with Crippen LogP contribution in [0.5, 0.6) is 17.4 Å². The molecule has 0 aliphatic rings. The number of ether oxygens (including phenoxy) is 2. The smallest absolute Gasteiger partial charge is 0.227 e. The van der Waals surface area contributed by atoms with Crippen molar-refractivity contribution >= 4 is 11.6 Å². The van der Waals surface area contributed by atoms with Crippen molar-refractivity contribution in [1.82, 2.24) is 4.98 Å². The van der Waals surface area contributed by atoms with E-state index in [0.29, 0.717) is 17.3 Å². The summed E-state index contributed by atoms with van der Waals surface area (Å²) in [5, 5.41) is 2.66. The fraction of sp³-hybridized carbons (Fsp3) is 0.100. The Morgan fingerprint density at radius 3 is 2.48 bits per heavy atom. The second-order valence-electron chi connectivity index (χ2n) is 5.52. The number of benzene rings is 2. The van der Waals surface area contributed by atoms with E-state index in [-0.39, 0.29) is 30.5 Å². The van der Waals surface area contributed by atoms with Crippen LogP contribution >= 0.6 is 0 Å². The molecule has 27 heavy (non-hydrogen) atoms. The van der Waals surface area contributed by atoms with Gasteiger partial charge >= 0.3 is 0 Å². The molecule has 0 unspecified atom stereocenters. The SMILES string of the molecule is O=C(CCOc1ccccc1F)Nc1ccc(Oc2ccc(F)cc2)nc1. The van der Waals surface area contributed by atoms with E-state index in [9.17, 15) is 13.6 Å². The number of halogens is 2. The number of carbonyl (C=O) groups excluding carboxylic acids is 1. The van der Waals surface area contributed by atoms with Gasteiger partial charge in [-0.15, -0.1) is 0 Å². The number of nitrogens with zero attached hydrogens (tertiary/aromatic N) is 1. The molecule has 0 spiro atoms. The topological polar surface area (TPSA) is 60.5 Å². The van der Waals surface area contributed by atoms with Crippen LogP contribution in [0.1, 0.15) is 6.42 Å². The predicted octanol–water partition coefficient (Wildman–Crippen LogP) is 4.56. The predicted molar refractivity (Wildman–Crippen MR) is 95.9 cm³/mol. The van der Waals surface area contributed by atoms with Crippen LogP contribution < -0.4 is 14.8 Å². The van der Waals surface area contributed by atoms with Gasteiger partial charge in [-0.1, -0.05) is 12.1 Å². The summed E-state index contributed by atoms with van der Waals surface area (Å²) in [5.74, 6) is -0.255. The number of rotatable bonds is 7. The van der Waals surface area contributed by atoms with Crippen LogP contribution in [-0.4, -0.2) is 17.5 Å². The van der Waals surface area contributed by atoms with E-state index < -0.39 is 5.82 Å². The third-order valence-corrected chi connectivity index (χ3v) is 3.48. The summed E-state index contributed by atoms with van der Waals surface area (Å²) in [4.78, 5) is 16.0. The molecule has 0 radical (unpaired) electrons. The van der Waals surface area contributed by atoms with Crippen molar-refractivity contribution in [1.29, 1.82) is 0 Å². The van der Waals surface area contributed by atoms with Gasteiger partial charge in [0.2, 0.25) is 11.8 Å². The molecular formula is C20H16F2N2O3. The Balaban J connectivity index is 1.46. The van der Waals surface area contributed by atoms with Crippen LogP contribution in [0.2, 0.25) is 0 Å². The first-order chi connectivity index (χ1) is 13.1.